The lowest BCUT2D eigenvalue weighted by atomic mass is 9.88. The Morgan fingerprint density at radius 1 is 1.10 bits per heavy atom. The zero-order valence-electron chi connectivity index (χ0n) is 16.6. The fourth-order valence-electron chi connectivity index (χ4n) is 4.18. The van der Waals surface area contributed by atoms with Gasteiger partial charge in [-0.1, -0.05) is 30.9 Å². The van der Waals surface area contributed by atoms with Gasteiger partial charge >= 0.3 is 0 Å². The molecule has 0 aromatic carbocycles. The van der Waals surface area contributed by atoms with E-state index < -0.39 is 0 Å². The first kappa shape index (κ1) is 20.8. The van der Waals surface area contributed by atoms with Crippen LogP contribution in [0.15, 0.2) is 12.1 Å². The van der Waals surface area contributed by atoms with Gasteiger partial charge in [-0.3, -0.25) is 9.59 Å². The largest absolute Gasteiger partial charge is 0.353 e. The van der Waals surface area contributed by atoms with Gasteiger partial charge in [0.05, 0.1) is 14.9 Å². The van der Waals surface area contributed by atoms with Crippen LogP contribution < -0.4 is 5.32 Å². The van der Waals surface area contributed by atoms with Crippen LogP contribution >= 0.6 is 34.3 Å². The van der Waals surface area contributed by atoms with Crippen LogP contribution in [0.4, 0.5) is 0 Å². The van der Waals surface area contributed by atoms with Crippen molar-refractivity contribution in [2.45, 2.75) is 57.9 Å². The summed E-state index contributed by atoms with van der Waals surface area (Å²) in [5, 5.41) is 4.07. The Labute approximate surface area is 184 Å². The van der Waals surface area contributed by atoms with E-state index in [1.54, 1.807) is 0 Å². The Bertz CT molecular complexity index is 880. The highest BCUT2D eigenvalue weighted by Gasteiger charge is 2.29. The Morgan fingerprint density at radius 3 is 2.48 bits per heavy atom. The van der Waals surface area contributed by atoms with Crippen LogP contribution in [0.2, 0.25) is 4.34 Å². The predicted octanol–water partition coefficient (Wildman–Crippen LogP) is 5.13. The molecule has 4 rings (SSSR count). The van der Waals surface area contributed by atoms with Crippen molar-refractivity contribution in [3.8, 4) is 9.88 Å². The highest BCUT2D eigenvalue weighted by atomic mass is 35.5. The molecule has 0 radical (unpaired) electrons. The molecule has 1 aliphatic heterocycles. The first-order chi connectivity index (χ1) is 14.0. The van der Waals surface area contributed by atoms with Gasteiger partial charge in [0.15, 0.2) is 0 Å². The van der Waals surface area contributed by atoms with Crippen LogP contribution in [0.1, 0.15) is 60.3 Å². The molecule has 1 saturated carbocycles. The number of rotatable bonds is 4. The Morgan fingerprint density at radius 2 is 1.83 bits per heavy atom. The molecule has 1 saturated heterocycles. The lowest BCUT2D eigenvalue weighted by Crippen LogP contribution is -2.48. The number of hydrogen-bond acceptors (Lipinski definition) is 5. The standard InChI is InChI=1S/C21H26ClN3O2S2/c1-13-18(29-20(23-13)16-7-8-17(22)28-16)21(27)25-11-9-15(10-12-25)24-19(26)14-5-3-2-4-6-14/h7-8,14-15H,2-6,9-12H2,1H3,(H,24,26). The molecule has 1 aliphatic carbocycles. The summed E-state index contributed by atoms with van der Waals surface area (Å²) >= 11 is 8.94. The third kappa shape index (κ3) is 4.84. The minimum absolute atomic E-state index is 0.0472. The van der Waals surface area contributed by atoms with Crippen LogP contribution in [-0.4, -0.2) is 40.8 Å². The van der Waals surface area contributed by atoms with E-state index in [2.05, 4.69) is 10.3 Å². The van der Waals surface area contributed by atoms with Crippen molar-refractivity contribution in [2.24, 2.45) is 5.92 Å². The molecule has 2 fully saturated rings. The fourth-order valence-corrected chi connectivity index (χ4v) is 6.32. The molecule has 8 heteroatoms. The number of nitrogens with one attached hydrogen (secondary N) is 1. The number of carbonyl (C=O) groups is 2. The van der Waals surface area contributed by atoms with Crippen LogP contribution in [0.3, 0.4) is 0 Å². The number of thiophene rings is 1. The van der Waals surface area contributed by atoms with Crippen LogP contribution in [0, 0.1) is 12.8 Å². The van der Waals surface area contributed by atoms with Gasteiger partial charge in [-0.25, -0.2) is 4.98 Å². The van der Waals surface area contributed by atoms with E-state index in [1.165, 1.54) is 41.9 Å². The number of piperidine rings is 1. The Hall–Kier alpha value is -1.44. The maximum atomic E-state index is 13.0. The Kier molecular flexibility index (Phi) is 6.56. The quantitative estimate of drug-likeness (QED) is 0.700. The molecule has 2 aromatic rings. The highest BCUT2D eigenvalue weighted by molar-refractivity contribution is 7.24. The zero-order valence-corrected chi connectivity index (χ0v) is 19.0. The average Bonchev–Trinajstić information content (AvgIpc) is 3.34. The molecule has 156 valence electrons. The monoisotopic (exact) mass is 451 g/mol. The fraction of sp³-hybridized carbons (Fsp3) is 0.571. The van der Waals surface area contributed by atoms with Gasteiger partial charge in [0.25, 0.3) is 5.91 Å². The van der Waals surface area contributed by atoms with Crippen molar-refractivity contribution < 1.29 is 9.59 Å². The molecule has 2 amide bonds. The lowest BCUT2D eigenvalue weighted by molar-refractivity contribution is -0.126. The molecular weight excluding hydrogens is 426 g/mol. The van der Waals surface area contributed by atoms with E-state index in [-0.39, 0.29) is 23.8 Å². The van der Waals surface area contributed by atoms with Crippen LogP contribution in [0.25, 0.3) is 9.88 Å². The summed E-state index contributed by atoms with van der Waals surface area (Å²) in [6, 6.07) is 3.98. The maximum Gasteiger partial charge on any atom is 0.265 e. The number of carbonyl (C=O) groups excluding carboxylic acids is 2. The second-order valence-electron chi connectivity index (χ2n) is 7.95. The maximum absolute atomic E-state index is 13.0. The number of halogens is 1. The summed E-state index contributed by atoms with van der Waals surface area (Å²) in [7, 11) is 0. The minimum atomic E-state index is 0.0472. The molecule has 5 nitrogen and oxygen atoms in total. The zero-order chi connectivity index (χ0) is 20.4. The summed E-state index contributed by atoms with van der Waals surface area (Å²) in [4.78, 5) is 33.7. The summed E-state index contributed by atoms with van der Waals surface area (Å²) < 4.78 is 0.720. The van der Waals surface area contributed by atoms with Crippen molar-refractivity contribution in [1.29, 1.82) is 0 Å². The molecule has 2 aliphatic rings. The van der Waals surface area contributed by atoms with Gasteiger partial charge in [-0.2, -0.15) is 0 Å². The van der Waals surface area contributed by atoms with Crippen molar-refractivity contribution in [3.05, 3.63) is 27.0 Å². The number of likely N-dealkylation sites (tertiary alicyclic amines) is 1. The summed E-state index contributed by atoms with van der Waals surface area (Å²) in [6.45, 7) is 3.23. The number of aryl methyl sites for hydroxylation is 1. The van der Waals surface area contributed by atoms with E-state index in [0.717, 1.165) is 45.6 Å². The second kappa shape index (κ2) is 9.14. The molecule has 0 spiro atoms. The molecule has 0 bridgehead atoms. The van der Waals surface area contributed by atoms with Gasteiger partial charge in [0.1, 0.15) is 9.88 Å². The lowest BCUT2D eigenvalue weighted by Gasteiger charge is -2.33. The van der Waals surface area contributed by atoms with Gasteiger partial charge in [-0.05, 0) is 44.7 Å². The summed E-state index contributed by atoms with van der Waals surface area (Å²) in [6.07, 6.45) is 7.25. The van der Waals surface area contributed by atoms with E-state index in [1.807, 2.05) is 24.0 Å². The van der Waals surface area contributed by atoms with Crippen molar-refractivity contribution in [2.75, 3.05) is 13.1 Å². The summed E-state index contributed by atoms with van der Waals surface area (Å²) in [5.41, 5.74) is 0.771. The van der Waals surface area contributed by atoms with Crippen LogP contribution in [-0.2, 0) is 4.79 Å². The SMILES string of the molecule is Cc1nc(-c2ccc(Cl)s2)sc1C(=O)N1CCC(NC(=O)C2CCCCC2)CC1. The number of nitrogens with zero attached hydrogens (tertiary/aromatic N) is 2. The van der Waals surface area contributed by atoms with Crippen molar-refractivity contribution in [1.82, 2.24) is 15.2 Å². The third-order valence-electron chi connectivity index (χ3n) is 5.88. The molecule has 2 aromatic heterocycles. The predicted molar refractivity (Wildman–Crippen MR) is 119 cm³/mol. The normalized spacial score (nSPS) is 18.8. The number of hydrogen-bond donors (Lipinski definition) is 1. The highest BCUT2D eigenvalue weighted by Crippen LogP contribution is 2.35. The smallest absolute Gasteiger partial charge is 0.265 e. The molecule has 0 unspecified atom stereocenters. The minimum Gasteiger partial charge on any atom is -0.353 e. The number of aromatic nitrogens is 1. The van der Waals surface area contributed by atoms with E-state index >= 15 is 0 Å². The average molecular weight is 452 g/mol. The summed E-state index contributed by atoms with van der Waals surface area (Å²) in [5.74, 6) is 0.449. The first-order valence-corrected chi connectivity index (χ1v) is 12.3. The van der Waals surface area contributed by atoms with Crippen LogP contribution in [0.5, 0.6) is 0 Å². The van der Waals surface area contributed by atoms with Crippen molar-refractivity contribution >= 4 is 46.1 Å². The Balaban J connectivity index is 1.33. The van der Waals surface area contributed by atoms with Gasteiger partial charge in [0.2, 0.25) is 5.91 Å². The van der Waals surface area contributed by atoms with E-state index in [0.29, 0.717) is 18.0 Å². The molecule has 3 heterocycles. The topological polar surface area (TPSA) is 62.3 Å². The van der Waals surface area contributed by atoms with E-state index in [4.69, 9.17) is 11.6 Å². The second-order valence-corrected chi connectivity index (χ2v) is 10.7. The molecule has 29 heavy (non-hydrogen) atoms. The third-order valence-corrected chi connectivity index (χ3v) is 8.43. The van der Waals surface area contributed by atoms with Gasteiger partial charge in [0, 0.05) is 25.0 Å². The number of amides is 2. The van der Waals surface area contributed by atoms with E-state index in [9.17, 15) is 9.59 Å². The molecular formula is C21H26ClN3O2S2. The first-order valence-electron chi connectivity index (χ1n) is 10.3. The number of thiazole rings is 1. The molecule has 1 N–H and O–H groups in total. The van der Waals surface area contributed by atoms with Gasteiger partial charge in [-0.15, -0.1) is 22.7 Å². The van der Waals surface area contributed by atoms with Gasteiger partial charge < -0.3 is 10.2 Å². The van der Waals surface area contributed by atoms with Crippen molar-refractivity contribution in [3.63, 3.8) is 0 Å². The molecule has 0 atom stereocenters.